The van der Waals surface area contributed by atoms with Gasteiger partial charge >= 0.3 is 6.18 Å². The van der Waals surface area contributed by atoms with Gasteiger partial charge in [-0.3, -0.25) is 4.79 Å². The Bertz CT molecular complexity index is 1450. The summed E-state index contributed by atoms with van der Waals surface area (Å²) in [5, 5.41) is -0.00410. The highest BCUT2D eigenvalue weighted by atomic mass is 35.5. The van der Waals surface area contributed by atoms with E-state index in [1.165, 1.54) is 18.7 Å². The van der Waals surface area contributed by atoms with Crippen LogP contribution in [0.15, 0.2) is 53.4 Å². The number of piperidine rings is 1. The van der Waals surface area contributed by atoms with Crippen LogP contribution in [-0.4, -0.2) is 56.8 Å². The number of carbonyl (C=O) groups excluding carboxylic acids is 1. The Hall–Kier alpha value is -2.15. The van der Waals surface area contributed by atoms with Gasteiger partial charge in [-0.15, -0.1) is 0 Å². The first-order valence-corrected chi connectivity index (χ1v) is 16.4. The van der Waals surface area contributed by atoms with Crippen molar-refractivity contribution in [1.82, 2.24) is 9.62 Å². The third-order valence-electron chi connectivity index (χ3n) is 7.87. The summed E-state index contributed by atoms with van der Waals surface area (Å²) in [7, 11) is -7.83. The van der Waals surface area contributed by atoms with Crippen LogP contribution in [0.1, 0.15) is 50.7 Å². The summed E-state index contributed by atoms with van der Waals surface area (Å²) < 4.78 is 93.2. The van der Waals surface area contributed by atoms with Crippen molar-refractivity contribution in [2.75, 3.05) is 13.1 Å². The standard InChI is InChI=1S/C27H32ClF3N2O5S2/c1-26(2,39(35,36)23-5-3-4-20(17-23)27(29,30)31)19-12-14-33(15-13-19)25(34)24(32-40(37,38)22-10-11-22)16-18-6-8-21(28)9-7-18/h3-9,17,19,22,24,32H,10-16H2,1-2H3/t24-/m0/s1. The number of carbonyl (C=O) groups is 1. The van der Waals surface area contributed by atoms with E-state index in [1.807, 2.05) is 0 Å². The molecule has 1 N–H and O–H groups in total. The smallest absolute Gasteiger partial charge is 0.341 e. The van der Waals surface area contributed by atoms with Gasteiger partial charge in [-0.25, -0.2) is 21.6 Å². The maximum Gasteiger partial charge on any atom is 0.416 e. The number of sulfone groups is 1. The number of nitrogens with zero attached hydrogens (tertiary/aromatic N) is 1. The fourth-order valence-electron chi connectivity index (χ4n) is 5.09. The van der Waals surface area contributed by atoms with Crippen molar-refractivity contribution in [3.05, 3.63) is 64.7 Å². The maximum absolute atomic E-state index is 13.5. The quantitative estimate of drug-likeness (QED) is 0.432. The van der Waals surface area contributed by atoms with Crippen LogP contribution in [0.4, 0.5) is 13.2 Å². The molecule has 13 heteroatoms. The first kappa shape index (κ1) is 30.8. The molecule has 0 aromatic heterocycles. The lowest BCUT2D eigenvalue weighted by atomic mass is 9.85. The lowest BCUT2D eigenvalue weighted by Gasteiger charge is -2.41. The molecule has 1 aliphatic heterocycles. The molecule has 1 amide bonds. The van der Waals surface area contributed by atoms with E-state index in [9.17, 15) is 34.8 Å². The molecule has 0 unspecified atom stereocenters. The average Bonchev–Trinajstić information content (AvgIpc) is 3.75. The van der Waals surface area contributed by atoms with Gasteiger partial charge in [0.1, 0.15) is 6.04 Å². The van der Waals surface area contributed by atoms with Gasteiger partial charge in [0.2, 0.25) is 15.9 Å². The van der Waals surface area contributed by atoms with Crippen LogP contribution in [0.3, 0.4) is 0 Å². The second-order valence-corrected chi connectivity index (χ2v) is 15.9. The Kier molecular flexibility index (Phi) is 8.67. The number of nitrogens with one attached hydrogen (secondary N) is 1. The fourth-order valence-corrected chi connectivity index (χ4v) is 8.56. The van der Waals surface area contributed by atoms with E-state index in [1.54, 1.807) is 24.3 Å². The summed E-state index contributed by atoms with van der Waals surface area (Å²) in [6.07, 6.45) is -2.89. The second-order valence-electron chi connectivity index (χ2n) is 11.0. The molecule has 0 bridgehead atoms. The summed E-state index contributed by atoms with van der Waals surface area (Å²) in [5.74, 6) is -0.842. The van der Waals surface area contributed by atoms with Gasteiger partial charge < -0.3 is 4.90 Å². The Morgan fingerprint density at radius 3 is 2.15 bits per heavy atom. The predicted molar refractivity (Wildman–Crippen MR) is 146 cm³/mol. The van der Waals surface area contributed by atoms with Gasteiger partial charge in [-0.1, -0.05) is 29.8 Å². The Labute approximate surface area is 238 Å². The molecule has 1 heterocycles. The minimum atomic E-state index is -4.68. The van der Waals surface area contributed by atoms with Crippen molar-refractivity contribution in [3.8, 4) is 0 Å². The third kappa shape index (κ3) is 6.66. The molecule has 0 spiro atoms. The van der Waals surface area contributed by atoms with Crippen LogP contribution in [0.2, 0.25) is 5.02 Å². The number of sulfonamides is 1. The van der Waals surface area contributed by atoms with Gasteiger partial charge in [0.15, 0.2) is 9.84 Å². The monoisotopic (exact) mass is 620 g/mol. The topological polar surface area (TPSA) is 101 Å². The Morgan fingerprint density at radius 2 is 1.60 bits per heavy atom. The summed E-state index contributed by atoms with van der Waals surface area (Å²) in [5.41, 5.74) is -0.311. The highest BCUT2D eigenvalue weighted by Crippen LogP contribution is 2.39. The SMILES string of the molecule is CC(C)(C1CCN(C(=O)[C@H](Cc2ccc(Cl)cc2)NS(=O)(=O)C2CC2)CC1)S(=O)(=O)c1cccc(C(F)(F)F)c1. The number of amides is 1. The van der Waals surface area contributed by atoms with Crippen LogP contribution >= 0.6 is 11.6 Å². The first-order chi connectivity index (χ1) is 18.5. The zero-order valence-corrected chi connectivity index (χ0v) is 24.5. The minimum absolute atomic E-state index is 0.122. The Balaban J connectivity index is 1.48. The van der Waals surface area contributed by atoms with E-state index in [-0.39, 0.29) is 19.5 Å². The highest BCUT2D eigenvalue weighted by Gasteiger charge is 2.46. The van der Waals surface area contributed by atoms with E-state index < -0.39 is 64.4 Å². The zero-order chi connectivity index (χ0) is 29.5. The van der Waals surface area contributed by atoms with Crippen molar-refractivity contribution in [3.63, 3.8) is 0 Å². The van der Waals surface area contributed by atoms with Crippen LogP contribution in [-0.2, 0) is 37.3 Å². The number of hydrogen-bond acceptors (Lipinski definition) is 5. The molecule has 2 aromatic carbocycles. The van der Waals surface area contributed by atoms with Crippen LogP contribution in [0, 0.1) is 5.92 Å². The van der Waals surface area contributed by atoms with Crippen LogP contribution < -0.4 is 4.72 Å². The highest BCUT2D eigenvalue weighted by molar-refractivity contribution is 7.92. The molecule has 1 aliphatic carbocycles. The van der Waals surface area contributed by atoms with Gasteiger partial charge in [0.05, 0.1) is 20.5 Å². The fraction of sp³-hybridized carbons (Fsp3) is 0.519. The van der Waals surface area contributed by atoms with Gasteiger partial charge in [-0.2, -0.15) is 13.2 Å². The van der Waals surface area contributed by atoms with Crippen molar-refractivity contribution >= 4 is 37.4 Å². The summed E-state index contributed by atoms with van der Waals surface area (Å²) in [4.78, 5) is 14.7. The lowest BCUT2D eigenvalue weighted by Crippen LogP contribution is -2.54. The number of likely N-dealkylation sites (tertiary alicyclic amines) is 1. The molecule has 7 nitrogen and oxygen atoms in total. The van der Waals surface area contributed by atoms with Gasteiger partial charge in [-0.05, 0) is 87.8 Å². The van der Waals surface area contributed by atoms with Crippen molar-refractivity contribution in [2.24, 2.45) is 5.92 Å². The van der Waals surface area contributed by atoms with E-state index >= 15 is 0 Å². The molecule has 0 radical (unpaired) electrons. The minimum Gasteiger partial charge on any atom is -0.341 e. The molecule has 1 atom stereocenters. The van der Waals surface area contributed by atoms with Crippen molar-refractivity contribution in [1.29, 1.82) is 0 Å². The van der Waals surface area contributed by atoms with Crippen molar-refractivity contribution < 1.29 is 34.8 Å². The predicted octanol–water partition coefficient (Wildman–Crippen LogP) is 4.84. The number of rotatable bonds is 9. The van der Waals surface area contributed by atoms with Gasteiger partial charge in [0, 0.05) is 18.1 Å². The first-order valence-electron chi connectivity index (χ1n) is 13.0. The van der Waals surface area contributed by atoms with E-state index in [2.05, 4.69) is 4.72 Å². The molecule has 1 saturated carbocycles. The molecular weight excluding hydrogens is 589 g/mol. The molecule has 1 saturated heterocycles. The average molecular weight is 621 g/mol. The molecule has 2 fully saturated rings. The molecule has 2 aliphatic rings. The summed E-state index contributed by atoms with van der Waals surface area (Å²) in [6, 6.07) is 9.46. The molecule has 40 heavy (non-hydrogen) atoms. The normalized spacial score (nSPS) is 18.5. The lowest BCUT2D eigenvalue weighted by molar-refractivity contribution is -0.137. The Morgan fingerprint density at radius 1 is 1.00 bits per heavy atom. The van der Waals surface area contributed by atoms with E-state index in [0.717, 1.165) is 23.8 Å². The molecular formula is C27H32ClF3N2O5S2. The zero-order valence-electron chi connectivity index (χ0n) is 22.1. The largest absolute Gasteiger partial charge is 0.416 e. The van der Waals surface area contributed by atoms with E-state index in [0.29, 0.717) is 36.8 Å². The van der Waals surface area contributed by atoms with Crippen LogP contribution in [0.25, 0.3) is 0 Å². The summed E-state index contributed by atoms with van der Waals surface area (Å²) >= 11 is 5.96. The number of halogens is 4. The van der Waals surface area contributed by atoms with Gasteiger partial charge in [0.25, 0.3) is 0 Å². The summed E-state index contributed by atoms with van der Waals surface area (Å²) in [6.45, 7) is 3.37. The molecule has 220 valence electrons. The number of hydrogen-bond donors (Lipinski definition) is 1. The molecule has 2 aromatic rings. The van der Waals surface area contributed by atoms with Crippen molar-refractivity contribution in [2.45, 2.75) is 73.1 Å². The number of alkyl halides is 3. The maximum atomic E-state index is 13.5. The number of benzene rings is 2. The molecule has 4 rings (SSSR count). The third-order valence-corrected chi connectivity index (χ3v) is 12.7. The second kappa shape index (κ2) is 11.3. The van der Waals surface area contributed by atoms with E-state index in [4.69, 9.17) is 11.6 Å². The van der Waals surface area contributed by atoms with Crippen LogP contribution in [0.5, 0.6) is 0 Å².